The minimum absolute atomic E-state index is 0.202. The molecule has 2 fully saturated rings. The first-order valence-corrected chi connectivity index (χ1v) is 11.6. The van der Waals surface area contributed by atoms with Gasteiger partial charge in [0.15, 0.2) is 5.96 Å². The molecular formula is C23H44N4O3. The van der Waals surface area contributed by atoms with Crippen LogP contribution >= 0.6 is 0 Å². The monoisotopic (exact) mass is 424 g/mol. The van der Waals surface area contributed by atoms with Crippen LogP contribution in [0.4, 0.5) is 4.79 Å². The van der Waals surface area contributed by atoms with Crippen LogP contribution in [0.3, 0.4) is 0 Å². The number of likely N-dealkylation sites (tertiary alicyclic amines) is 1. The normalized spacial score (nSPS) is 19.9. The summed E-state index contributed by atoms with van der Waals surface area (Å²) in [5.41, 5.74) is -0.0770. The number of nitrogens with zero attached hydrogens (tertiary/aromatic N) is 3. The fourth-order valence-electron chi connectivity index (χ4n) is 4.41. The van der Waals surface area contributed by atoms with E-state index in [0.717, 1.165) is 58.0 Å². The lowest BCUT2D eigenvalue weighted by molar-refractivity contribution is 0.0214. The van der Waals surface area contributed by atoms with Gasteiger partial charge < -0.3 is 24.6 Å². The van der Waals surface area contributed by atoms with E-state index in [1.54, 1.807) is 7.11 Å². The predicted molar refractivity (Wildman–Crippen MR) is 122 cm³/mol. The molecular weight excluding hydrogens is 380 g/mol. The Kier molecular flexibility index (Phi) is 9.26. The van der Waals surface area contributed by atoms with Gasteiger partial charge in [0.05, 0.1) is 0 Å². The van der Waals surface area contributed by atoms with E-state index in [1.165, 1.54) is 19.3 Å². The van der Waals surface area contributed by atoms with Crippen LogP contribution in [0.1, 0.15) is 66.2 Å². The third-order valence-corrected chi connectivity index (χ3v) is 6.51. The molecule has 1 amide bonds. The zero-order valence-electron chi connectivity index (χ0n) is 20.1. The second-order valence-electron chi connectivity index (χ2n) is 9.95. The van der Waals surface area contributed by atoms with Crippen LogP contribution in [0.2, 0.25) is 0 Å². The van der Waals surface area contributed by atoms with Gasteiger partial charge >= 0.3 is 6.09 Å². The molecule has 1 aliphatic carbocycles. The van der Waals surface area contributed by atoms with Crippen molar-refractivity contribution < 1.29 is 14.3 Å². The van der Waals surface area contributed by atoms with E-state index in [0.29, 0.717) is 17.9 Å². The number of aliphatic imine (C=N–C) groups is 1. The summed E-state index contributed by atoms with van der Waals surface area (Å²) in [7, 11) is 3.66. The molecule has 1 heterocycles. The summed E-state index contributed by atoms with van der Waals surface area (Å²) in [6, 6.07) is 0. The highest BCUT2D eigenvalue weighted by molar-refractivity contribution is 5.80. The smallest absolute Gasteiger partial charge is 0.410 e. The molecule has 174 valence electrons. The quantitative estimate of drug-likeness (QED) is 0.475. The van der Waals surface area contributed by atoms with Crippen molar-refractivity contribution in [1.82, 2.24) is 15.1 Å². The molecule has 0 aromatic carbocycles. The van der Waals surface area contributed by atoms with Gasteiger partial charge in [-0.25, -0.2) is 4.79 Å². The molecule has 0 aromatic rings. The Morgan fingerprint density at radius 1 is 1.27 bits per heavy atom. The molecule has 0 aromatic heterocycles. The Balaban J connectivity index is 1.79. The molecule has 0 unspecified atom stereocenters. The fraction of sp³-hybridized carbons (Fsp3) is 0.913. The van der Waals surface area contributed by atoms with Crippen molar-refractivity contribution in [3.63, 3.8) is 0 Å². The number of rotatable bonds is 8. The number of piperidine rings is 1. The van der Waals surface area contributed by atoms with Crippen molar-refractivity contribution >= 4 is 12.1 Å². The maximum absolute atomic E-state index is 12.4. The molecule has 30 heavy (non-hydrogen) atoms. The minimum Gasteiger partial charge on any atom is -0.444 e. The number of hydrogen-bond donors (Lipinski definition) is 1. The minimum atomic E-state index is -0.451. The summed E-state index contributed by atoms with van der Waals surface area (Å²) in [5, 5.41) is 3.64. The van der Waals surface area contributed by atoms with Gasteiger partial charge in [-0.15, -0.1) is 0 Å². The largest absolute Gasteiger partial charge is 0.444 e. The summed E-state index contributed by atoms with van der Waals surface area (Å²) < 4.78 is 10.9. The van der Waals surface area contributed by atoms with E-state index in [9.17, 15) is 4.79 Å². The van der Waals surface area contributed by atoms with Crippen LogP contribution < -0.4 is 5.32 Å². The van der Waals surface area contributed by atoms with E-state index in [4.69, 9.17) is 9.47 Å². The number of amides is 1. The number of nitrogens with one attached hydrogen (secondary N) is 1. The predicted octanol–water partition coefficient (Wildman–Crippen LogP) is 3.74. The number of guanidine groups is 1. The van der Waals surface area contributed by atoms with Crippen molar-refractivity contribution in [2.45, 2.75) is 71.8 Å². The molecule has 2 rings (SSSR count). The highest BCUT2D eigenvalue weighted by Gasteiger charge is 2.37. The number of methoxy groups -OCH3 is 1. The Morgan fingerprint density at radius 2 is 1.93 bits per heavy atom. The van der Waals surface area contributed by atoms with Crippen LogP contribution in [0.25, 0.3) is 0 Å². The van der Waals surface area contributed by atoms with Crippen molar-refractivity contribution in [3.8, 4) is 0 Å². The summed E-state index contributed by atoms with van der Waals surface area (Å²) in [6.07, 6.45) is 6.92. The van der Waals surface area contributed by atoms with Gasteiger partial charge in [0, 0.05) is 53.5 Å². The van der Waals surface area contributed by atoms with E-state index >= 15 is 0 Å². The molecule has 0 atom stereocenters. The molecule has 7 nitrogen and oxygen atoms in total. The molecule has 1 saturated carbocycles. The van der Waals surface area contributed by atoms with Crippen molar-refractivity contribution in [2.24, 2.45) is 16.3 Å². The van der Waals surface area contributed by atoms with E-state index in [-0.39, 0.29) is 6.09 Å². The summed E-state index contributed by atoms with van der Waals surface area (Å²) in [6.45, 7) is 13.0. The van der Waals surface area contributed by atoms with Crippen molar-refractivity contribution in [1.29, 1.82) is 0 Å². The lowest BCUT2D eigenvalue weighted by Crippen LogP contribution is -2.51. The zero-order chi connectivity index (χ0) is 22.2. The summed E-state index contributed by atoms with van der Waals surface area (Å²) in [4.78, 5) is 21.2. The topological polar surface area (TPSA) is 66.4 Å². The second-order valence-corrected chi connectivity index (χ2v) is 9.95. The zero-order valence-corrected chi connectivity index (χ0v) is 20.1. The van der Waals surface area contributed by atoms with Crippen molar-refractivity contribution in [3.05, 3.63) is 0 Å². The second kappa shape index (κ2) is 11.2. The van der Waals surface area contributed by atoms with Gasteiger partial charge in [-0.1, -0.05) is 6.42 Å². The maximum atomic E-state index is 12.4. The van der Waals surface area contributed by atoms with Crippen LogP contribution in [-0.2, 0) is 9.47 Å². The van der Waals surface area contributed by atoms with E-state index in [2.05, 4.69) is 15.2 Å². The number of carbonyl (C=O) groups is 1. The maximum Gasteiger partial charge on any atom is 0.410 e. The van der Waals surface area contributed by atoms with Gasteiger partial charge in [-0.3, -0.25) is 4.99 Å². The molecule has 7 heteroatoms. The fourth-order valence-corrected chi connectivity index (χ4v) is 4.41. The first-order chi connectivity index (χ1) is 14.2. The van der Waals surface area contributed by atoms with Crippen LogP contribution in [0.15, 0.2) is 4.99 Å². The third kappa shape index (κ3) is 7.33. The number of hydrogen-bond acceptors (Lipinski definition) is 4. The van der Waals surface area contributed by atoms with Gasteiger partial charge in [0.25, 0.3) is 0 Å². The highest BCUT2D eigenvalue weighted by Crippen LogP contribution is 2.43. The van der Waals surface area contributed by atoms with Crippen LogP contribution in [0.5, 0.6) is 0 Å². The standard InChI is InChI=1S/C23H44N4O3/c1-7-26(21(28)30-22(2,3)4)17-19-9-14-27(15-10-19)20(24-5)25-18-23(11-8-12-23)13-16-29-6/h19H,7-18H2,1-6H3,(H,24,25). The number of carbonyl (C=O) groups excluding carboxylic acids is 1. The Labute approximate surface area is 183 Å². The van der Waals surface area contributed by atoms with Gasteiger partial charge in [0.2, 0.25) is 0 Å². The number of ether oxygens (including phenoxy) is 2. The average Bonchev–Trinajstić information content (AvgIpc) is 2.67. The molecule has 0 spiro atoms. The average molecular weight is 425 g/mol. The Bertz CT molecular complexity index is 561. The SMILES string of the molecule is CCN(CC1CCN(C(=NC)NCC2(CCOC)CCC2)CC1)C(=O)OC(C)(C)C. The lowest BCUT2D eigenvalue weighted by atomic mass is 9.67. The summed E-state index contributed by atoms with van der Waals surface area (Å²) in [5.74, 6) is 1.52. The van der Waals surface area contributed by atoms with Crippen LogP contribution in [0, 0.1) is 11.3 Å². The highest BCUT2D eigenvalue weighted by atomic mass is 16.6. The molecule has 1 N–H and O–H groups in total. The lowest BCUT2D eigenvalue weighted by Gasteiger charge is -2.43. The molecule has 0 bridgehead atoms. The Morgan fingerprint density at radius 3 is 2.40 bits per heavy atom. The Hall–Kier alpha value is -1.50. The van der Waals surface area contributed by atoms with Gasteiger partial charge in [-0.05, 0) is 71.1 Å². The summed E-state index contributed by atoms with van der Waals surface area (Å²) >= 11 is 0. The first kappa shape index (κ1) is 24.8. The molecule has 2 aliphatic rings. The molecule has 1 saturated heterocycles. The van der Waals surface area contributed by atoms with Gasteiger partial charge in [0.1, 0.15) is 5.60 Å². The first-order valence-electron chi connectivity index (χ1n) is 11.6. The van der Waals surface area contributed by atoms with E-state index in [1.807, 2.05) is 39.6 Å². The van der Waals surface area contributed by atoms with E-state index < -0.39 is 5.60 Å². The van der Waals surface area contributed by atoms with Crippen LogP contribution in [-0.4, -0.2) is 80.9 Å². The third-order valence-electron chi connectivity index (χ3n) is 6.51. The molecule has 0 radical (unpaired) electrons. The van der Waals surface area contributed by atoms with Crippen molar-refractivity contribution in [2.75, 3.05) is 53.5 Å². The van der Waals surface area contributed by atoms with Gasteiger partial charge in [-0.2, -0.15) is 0 Å². The molecule has 1 aliphatic heterocycles.